The Morgan fingerprint density at radius 2 is 1.68 bits per heavy atom. The largest absolute Gasteiger partial charge is 0.293 e. The molecule has 0 spiro atoms. The number of hydrogen-bond donors (Lipinski definition) is 0. The minimum Gasteiger partial charge on any atom is -0.293 e. The molecule has 0 aromatic heterocycles. The topological polar surface area (TPSA) is 49.7 Å². The van der Waals surface area contributed by atoms with Crippen molar-refractivity contribution in [2.75, 3.05) is 10.7 Å². The molecule has 0 bridgehead atoms. The van der Waals surface area contributed by atoms with Crippen LogP contribution in [0.15, 0.2) is 89.6 Å². The van der Waals surface area contributed by atoms with Crippen LogP contribution in [0.1, 0.15) is 15.9 Å². The Morgan fingerprint density at radius 3 is 2.35 bits per heavy atom. The minimum absolute atomic E-state index is 0.0965. The van der Waals surface area contributed by atoms with Gasteiger partial charge in [-0.1, -0.05) is 53.7 Å². The second kappa shape index (κ2) is 9.29. The highest BCUT2D eigenvalue weighted by Crippen LogP contribution is 2.29. The molecule has 1 aliphatic heterocycles. The van der Waals surface area contributed by atoms with Gasteiger partial charge in [-0.15, -0.1) is 0 Å². The van der Waals surface area contributed by atoms with Crippen molar-refractivity contribution in [3.05, 3.63) is 107 Å². The molecule has 4 nitrogen and oxygen atoms in total. The van der Waals surface area contributed by atoms with Gasteiger partial charge in [0.1, 0.15) is 11.5 Å². The molecule has 31 heavy (non-hydrogen) atoms. The molecule has 0 fully saturated rings. The number of thioether (sulfide) groups is 1. The second-order valence-corrected chi connectivity index (χ2v) is 8.05. The number of para-hydroxylation sites is 1. The molecular weight excluding hydrogens is 435 g/mol. The van der Waals surface area contributed by atoms with E-state index in [1.165, 1.54) is 28.8 Å². The van der Waals surface area contributed by atoms with Crippen molar-refractivity contribution < 1.29 is 14.0 Å². The molecule has 3 aromatic rings. The second-order valence-electron chi connectivity index (χ2n) is 6.67. The van der Waals surface area contributed by atoms with Crippen molar-refractivity contribution in [3.63, 3.8) is 0 Å². The van der Waals surface area contributed by atoms with Crippen LogP contribution in [0, 0.1) is 5.82 Å². The molecule has 1 aliphatic rings. The Balaban J connectivity index is 1.61. The van der Waals surface area contributed by atoms with E-state index in [9.17, 15) is 14.0 Å². The summed E-state index contributed by atoms with van der Waals surface area (Å²) in [5.41, 5.74) is 2.07. The SMILES string of the molecule is O=C(CSC1=N/C(=C\c2ccc(F)cc2)C(=O)N1c1ccccc1)c1ccc(Cl)cc1. The lowest BCUT2D eigenvalue weighted by molar-refractivity contribution is -0.113. The molecule has 1 heterocycles. The summed E-state index contributed by atoms with van der Waals surface area (Å²) < 4.78 is 13.2. The molecule has 0 N–H and O–H groups in total. The van der Waals surface area contributed by atoms with Crippen molar-refractivity contribution >= 4 is 52.0 Å². The monoisotopic (exact) mass is 450 g/mol. The molecule has 0 radical (unpaired) electrons. The first kappa shape index (κ1) is 21.0. The minimum atomic E-state index is -0.355. The van der Waals surface area contributed by atoms with Gasteiger partial charge < -0.3 is 0 Å². The molecule has 0 unspecified atom stereocenters. The van der Waals surface area contributed by atoms with E-state index in [2.05, 4.69) is 4.99 Å². The summed E-state index contributed by atoms with van der Waals surface area (Å²) in [5, 5.41) is 0.965. The summed E-state index contributed by atoms with van der Waals surface area (Å²) in [6.07, 6.45) is 1.60. The van der Waals surface area contributed by atoms with Crippen LogP contribution < -0.4 is 4.90 Å². The number of halogens is 2. The Hall–Kier alpha value is -3.22. The lowest BCUT2D eigenvalue weighted by Gasteiger charge is -2.17. The van der Waals surface area contributed by atoms with Gasteiger partial charge in [0.2, 0.25) is 0 Å². The lowest BCUT2D eigenvalue weighted by atomic mass is 10.1. The third kappa shape index (κ3) is 4.93. The van der Waals surface area contributed by atoms with Gasteiger partial charge in [-0.3, -0.25) is 14.5 Å². The highest BCUT2D eigenvalue weighted by atomic mass is 35.5. The fourth-order valence-electron chi connectivity index (χ4n) is 2.96. The lowest BCUT2D eigenvalue weighted by Crippen LogP contribution is -2.30. The number of carbonyl (C=O) groups is 2. The van der Waals surface area contributed by atoms with E-state index in [1.54, 1.807) is 54.6 Å². The van der Waals surface area contributed by atoms with Crippen LogP contribution in [0.2, 0.25) is 5.02 Å². The first-order chi connectivity index (χ1) is 15.0. The number of benzene rings is 3. The van der Waals surface area contributed by atoms with E-state index < -0.39 is 0 Å². The Morgan fingerprint density at radius 1 is 1.00 bits per heavy atom. The fourth-order valence-corrected chi connectivity index (χ4v) is 4.00. The van der Waals surface area contributed by atoms with Gasteiger partial charge in [-0.05, 0) is 60.2 Å². The summed E-state index contributed by atoms with van der Waals surface area (Å²) >= 11 is 7.07. The molecule has 3 aromatic carbocycles. The number of nitrogens with zero attached hydrogens (tertiary/aromatic N) is 2. The highest BCUT2D eigenvalue weighted by Gasteiger charge is 2.32. The van der Waals surface area contributed by atoms with Crippen molar-refractivity contribution in [2.24, 2.45) is 4.99 Å². The third-order valence-electron chi connectivity index (χ3n) is 4.52. The maximum Gasteiger partial charge on any atom is 0.283 e. The third-order valence-corrected chi connectivity index (χ3v) is 5.71. The predicted octanol–water partition coefficient (Wildman–Crippen LogP) is 5.84. The number of Topliss-reactive ketones (excluding diaryl/α,β-unsaturated/α-hetero) is 1. The smallest absolute Gasteiger partial charge is 0.283 e. The summed E-state index contributed by atoms with van der Waals surface area (Å²) in [7, 11) is 0. The summed E-state index contributed by atoms with van der Waals surface area (Å²) in [4.78, 5) is 31.6. The number of aliphatic imine (C=N–C) groups is 1. The Kier molecular flexibility index (Phi) is 6.30. The molecular formula is C24H16ClFN2O2S. The first-order valence-electron chi connectivity index (χ1n) is 9.38. The van der Waals surface area contributed by atoms with E-state index in [0.717, 1.165) is 0 Å². The number of rotatable bonds is 5. The van der Waals surface area contributed by atoms with Crippen LogP contribution in [0.25, 0.3) is 6.08 Å². The van der Waals surface area contributed by atoms with Crippen LogP contribution >= 0.6 is 23.4 Å². The molecule has 0 saturated heterocycles. The maximum atomic E-state index is 13.2. The fraction of sp³-hybridized carbons (Fsp3) is 0.0417. The average Bonchev–Trinajstić information content (AvgIpc) is 3.09. The average molecular weight is 451 g/mol. The van der Waals surface area contributed by atoms with Crippen molar-refractivity contribution in [1.29, 1.82) is 0 Å². The van der Waals surface area contributed by atoms with Crippen molar-refractivity contribution in [1.82, 2.24) is 0 Å². The Labute approximate surface area is 188 Å². The number of ketones is 1. The van der Waals surface area contributed by atoms with Gasteiger partial charge in [-0.2, -0.15) is 0 Å². The van der Waals surface area contributed by atoms with E-state index >= 15 is 0 Å². The number of hydrogen-bond acceptors (Lipinski definition) is 4. The zero-order valence-corrected chi connectivity index (χ0v) is 17.7. The van der Waals surface area contributed by atoms with Crippen LogP contribution in [0.4, 0.5) is 10.1 Å². The summed E-state index contributed by atoms with van der Waals surface area (Å²) in [5.74, 6) is -0.648. The molecule has 0 saturated carbocycles. The van der Waals surface area contributed by atoms with E-state index in [-0.39, 0.29) is 29.0 Å². The van der Waals surface area contributed by atoms with Crippen molar-refractivity contribution in [2.45, 2.75) is 0 Å². The Bertz CT molecular complexity index is 1180. The number of amidine groups is 1. The number of amides is 1. The van der Waals surface area contributed by atoms with E-state index in [0.29, 0.717) is 27.0 Å². The number of anilines is 1. The number of carbonyl (C=O) groups excluding carboxylic acids is 2. The van der Waals surface area contributed by atoms with Gasteiger partial charge in [-0.25, -0.2) is 9.38 Å². The normalized spacial score (nSPS) is 14.8. The van der Waals surface area contributed by atoms with Gasteiger partial charge >= 0.3 is 0 Å². The molecule has 4 rings (SSSR count). The summed E-state index contributed by atoms with van der Waals surface area (Å²) in [6.45, 7) is 0. The first-order valence-corrected chi connectivity index (χ1v) is 10.7. The molecule has 0 aliphatic carbocycles. The van der Waals surface area contributed by atoms with Crippen LogP contribution in [0.3, 0.4) is 0 Å². The standard InChI is InChI=1S/C24H16ClFN2O2S/c25-18-10-8-17(9-11-18)22(29)15-31-24-27-21(14-16-6-12-19(26)13-7-16)23(30)28(24)20-4-2-1-3-5-20/h1-14H,15H2/b21-14-. The van der Waals surface area contributed by atoms with Gasteiger partial charge in [0, 0.05) is 10.6 Å². The molecule has 7 heteroatoms. The van der Waals surface area contributed by atoms with Gasteiger partial charge in [0.05, 0.1) is 11.4 Å². The highest BCUT2D eigenvalue weighted by molar-refractivity contribution is 8.14. The van der Waals surface area contributed by atoms with Crippen molar-refractivity contribution in [3.8, 4) is 0 Å². The van der Waals surface area contributed by atoms with E-state index in [1.807, 2.05) is 18.2 Å². The van der Waals surface area contributed by atoms with Gasteiger partial charge in [0.25, 0.3) is 5.91 Å². The van der Waals surface area contributed by atoms with Crippen LogP contribution in [0.5, 0.6) is 0 Å². The maximum absolute atomic E-state index is 13.2. The van der Waals surface area contributed by atoms with Crippen LogP contribution in [-0.4, -0.2) is 22.6 Å². The van der Waals surface area contributed by atoms with E-state index in [4.69, 9.17) is 11.6 Å². The zero-order chi connectivity index (χ0) is 21.8. The quantitative estimate of drug-likeness (QED) is 0.362. The molecule has 1 amide bonds. The predicted molar refractivity (Wildman–Crippen MR) is 124 cm³/mol. The zero-order valence-electron chi connectivity index (χ0n) is 16.2. The summed E-state index contributed by atoms with van der Waals surface area (Å²) in [6, 6.07) is 21.6. The molecule has 0 atom stereocenters. The molecule has 154 valence electrons. The van der Waals surface area contributed by atoms with Crippen LogP contribution in [-0.2, 0) is 4.79 Å². The van der Waals surface area contributed by atoms with Gasteiger partial charge in [0.15, 0.2) is 11.0 Å².